The van der Waals surface area contributed by atoms with Gasteiger partial charge in [0.2, 0.25) is 5.90 Å². The maximum Gasteiger partial charge on any atom is 0.266 e. The van der Waals surface area contributed by atoms with Crippen LogP contribution in [-0.4, -0.2) is 67.0 Å². The molecule has 4 rings (SSSR count). The van der Waals surface area contributed by atoms with Gasteiger partial charge in [-0.05, 0) is 53.9 Å². The highest BCUT2D eigenvalue weighted by molar-refractivity contribution is 6.99. The summed E-state index contributed by atoms with van der Waals surface area (Å²) < 4.78 is 23.7. The van der Waals surface area contributed by atoms with Gasteiger partial charge < -0.3 is 23.7 Å². The molecule has 2 aromatic rings. The Hall–Kier alpha value is -1.42. The van der Waals surface area contributed by atoms with Crippen LogP contribution >= 0.6 is 34.8 Å². The molecule has 1 fully saturated rings. The second-order valence-corrected chi connectivity index (χ2v) is 21.7. The molecule has 284 valence electrons. The normalized spacial score (nSPS) is 20.9. The molecule has 1 N–H and O–H groups in total. The van der Waals surface area contributed by atoms with Crippen molar-refractivity contribution in [2.24, 2.45) is 4.99 Å². The van der Waals surface area contributed by atoms with Gasteiger partial charge in [0.1, 0.15) is 11.6 Å². The Morgan fingerprint density at radius 1 is 0.824 bits per heavy atom. The van der Waals surface area contributed by atoms with Crippen LogP contribution in [0.4, 0.5) is 0 Å². The van der Waals surface area contributed by atoms with E-state index < -0.39 is 23.8 Å². The predicted molar refractivity (Wildman–Crippen MR) is 215 cm³/mol. The van der Waals surface area contributed by atoms with Crippen molar-refractivity contribution in [3.63, 3.8) is 0 Å². The number of aliphatic hydroxyl groups is 1. The lowest BCUT2D eigenvalue weighted by molar-refractivity contribution is -0.168. The van der Waals surface area contributed by atoms with E-state index in [9.17, 15) is 5.11 Å². The largest absolute Gasteiger partial charge is 0.472 e. The van der Waals surface area contributed by atoms with Crippen molar-refractivity contribution in [3.8, 4) is 0 Å². The molecule has 0 amide bonds. The zero-order chi connectivity index (χ0) is 36.9. The van der Waals surface area contributed by atoms with E-state index in [1.807, 2.05) is 12.1 Å². The molecular formula is C41H60Cl3NO5Si. The van der Waals surface area contributed by atoms with Crippen LogP contribution in [0.5, 0.6) is 0 Å². The van der Waals surface area contributed by atoms with E-state index in [4.69, 9.17) is 58.4 Å². The molecule has 1 saturated heterocycles. The molecule has 0 bridgehead atoms. The average molecular weight is 781 g/mol. The van der Waals surface area contributed by atoms with E-state index in [1.54, 1.807) is 0 Å². The van der Waals surface area contributed by atoms with Crippen molar-refractivity contribution in [2.45, 2.75) is 137 Å². The van der Waals surface area contributed by atoms with Crippen LogP contribution in [0.25, 0.3) is 0 Å². The fourth-order valence-corrected chi connectivity index (χ4v) is 12.4. The zero-order valence-electron chi connectivity index (χ0n) is 31.2. The summed E-state index contributed by atoms with van der Waals surface area (Å²) in [5, 5.41) is 13.0. The lowest BCUT2D eigenvalue weighted by Gasteiger charge is -2.45. The molecular weight excluding hydrogens is 721 g/mol. The fraction of sp³-hybridized carbons (Fsp3) is 0.634. The summed E-state index contributed by atoms with van der Waals surface area (Å²) in [6.45, 7) is 10.2. The summed E-state index contributed by atoms with van der Waals surface area (Å²) in [7, 11) is -2.92. The second-order valence-electron chi connectivity index (χ2n) is 15.2. The van der Waals surface area contributed by atoms with Crippen molar-refractivity contribution in [2.75, 3.05) is 26.4 Å². The number of halogens is 3. The van der Waals surface area contributed by atoms with Crippen LogP contribution in [0.3, 0.4) is 0 Å². The number of hydrogen-bond donors (Lipinski definition) is 1. The molecule has 0 aromatic heterocycles. The first-order chi connectivity index (χ1) is 24.4. The monoisotopic (exact) mass is 779 g/mol. The smallest absolute Gasteiger partial charge is 0.266 e. The van der Waals surface area contributed by atoms with Crippen LogP contribution in [0.2, 0.25) is 5.04 Å². The van der Waals surface area contributed by atoms with E-state index >= 15 is 0 Å². The number of hydrogen-bond acceptors (Lipinski definition) is 6. The molecule has 2 aliphatic rings. The molecule has 0 saturated carbocycles. The Kier molecular flexibility index (Phi) is 16.4. The van der Waals surface area contributed by atoms with Crippen molar-refractivity contribution in [1.29, 1.82) is 0 Å². The van der Waals surface area contributed by atoms with Crippen molar-refractivity contribution in [1.82, 2.24) is 0 Å². The Bertz CT molecular complexity index is 1320. The summed E-state index contributed by atoms with van der Waals surface area (Å²) >= 11 is 18.9. The minimum Gasteiger partial charge on any atom is -0.472 e. The molecule has 2 aliphatic heterocycles. The standard InChI is InChI=1S/C41H60Cl3NO5Si/c1-5-6-7-21-28-40(47-30-31-48-40)29-22-13-11-9-8-10-12-20-27-36-39(32-46,45-37(50-36)41(42,43)44)33-49-51(38(2,3)4,34-23-16-14-17-24-34)35-25-18-15-19-26-35/h10,12,14-19,23-26,36,46H,5-9,11,13,20-22,27-33H2,1-4H3/b12-10+/t36-,39+/m1/s1. The number of aliphatic hydroxyl groups excluding tert-OH is 1. The Labute approximate surface area is 323 Å². The van der Waals surface area contributed by atoms with Gasteiger partial charge in [-0.3, -0.25) is 0 Å². The van der Waals surface area contributed by atoms with E-state index in [2.05, 4.69) is 88.4 Å². The molecule has 2 atom stereocenters. The Balaban J connectivity index is 1.35. The third-order valence-electron chi connectivity index (χ3n) is 10.3. The molecule has 0 spiro atoms. The zero-order valence-corrected chi connectivity index (χ0v) is 34.5. The predicted octanol–water partition coefficient (Wildman–Crippen LogP) is 9.85. The Morgan fingerprint density at radius 2 is 1.37 bits per heavy atom. The maximum absolute atomic E-state index is 11.0. The molecule has 0 unspecified atom stereocenters. The van der Waals surface area contributed by atoms with E-state index in [0.717, 1.165) is 62.1 Å². The summed E-state index contributed by atoms with van der Waals surface area (Å²) in [5.74, 6) is -0.345. The highest BCUT2D eigenvalue weighted by Gasteiger charge is 2.55. The van der Waals surface area contributed by atoms with Crippen molar-refractivity contribution < 1.29 is 23.7 Å². The summed E-state index contributed by atoms with van der Waals surface area (Å²) in [6.07, 6.45) is 17.8. The fourth-order valence-electron chi connectivity index (χ4n) is 7.53. The van der Waals surface area contributed by atoms with Gasteiger partial charge in [-0.25, -0.2) is 4.99 Å². The number of benzene rings is 2. The van der Waals surface area contributed by atoms with Gasteiger partial charge in [-0.2, -0.15) is 0 Å². The van der Waals surface area contributed by atoms with E-state index in [0.29, 0.717) is 6.42 Å². The number of unbranched alkanes of at least 4 members (excludes halogenated alkanes) is 7. The highest BCUT2D eigenvalue weighted by Crippen LogP contribution is 2.42. The van der Waals surface area contributed by atoms with Gasteiger partial charge in [0.05, 0.1) is 26.4 Å². The van der Waals surface area contributed by atoms with E-state index in [1.165, 1.54) is 38.5 Å². The molecule has 51 heavy (non-hydrogen) atoms. The van der Waals surface area contributed by atoms with Crippen LogP contribution in [-0.2, 0) is 18.6 Å². The van der Waals surface area contributed by atoms with Crippen LogP contribution in [0.15, 0.2) is 77.8 Å². The highest BCUT2D eigenvalue weighted by atomic mass is 35.6. The van der Waals surface area contributed by atoms with Gasteiger partial charge in [-0.1, -0.05) is 167 Å². The number of rotatable bonds is 21. The third-order valence-corrected chi connectivity index (χ3v) is 15.8. The molecule has 10 heteroatoms. The van der Waals surface area contributed by atoms with Gasteiger partial charge in [0.15, 0.2) is 5.79 Å². The average Bonchev–Trinajstić information content (AvgIpc) is 3.74. The molecule has 2 heterocycles. The number of aliphatic imine (C=N–C) groups is 1. The second kappa shape index (κ2) is 19.8. The first kappa shape index (κ1) is 42.3. The summed E-state index contributed by atoms with van der Waals surface area (Å²) in [5.41, 5.74) is -1.12. The quantitative estimate of drug-likeness (QED) is 0.0592. The topological polar surface area (TPSA) is 69.5 Å². The number of alkyl halides is 3. The molecule has 6 nitrogen and oxygen atoms in total. The molecule has 2 aromatic carbocycles. The lowest BCUT2D eigenvalue weighted by Crippen LogP contribution is -2.68. The lowest BCUT2D eigenvalue weighted by atomic mass is 9.92. The minimum atomic E-state index is -2.92. The Morgan fingerprint density at radius 3 is 1.90 bits per heavy atom. The number of allylic oxidation sites excluding steroid dienone is 2. The van der Waals surface area contributed by atoms with Crippen LogP contribution < -0.4 is 10.4 Å². The summed E-state index contributed by atoms with van der Waals surface area (Å²) in [6, 6.07) is 20.8. The third kappa shape index (κ3) is 11.3. The first-order valence-electron chi connectivity index (χ1n) is 19.0. The van der Waals surface area contributed by atoms with Crippen molar-refractivity contribution in [3.05, 3.63) is 72.8 Å². The number of nitrogens with zero attached hydrogens (tertiary/aromatic N) is 1. The summed E-state index contributed by atoms with van der Waals surface area (Å²) in [4.78, 5) is 4.78. The SMILES string of the molecule is CCCCCCC1(CCCCCC/C=C/CC[C@H]2OC(C(Cl)(Cl)Cl)=N[C@@]2(CO)CO[Si](c2ccccc2)(c2ccccc2)C(C)(C)C)OCCO1. The molecule has 0 aliphatic carbocycles. The maximum atomic E-state index is 11.0. The van der Waals surface area contributed by atoms with Crippen LogP contribution in [0.1, 0.15) is 111 Å². The van der Waals surface area contributed by atoms with Crippen molar-refractivity contribution >= 4 is 59.4 Å². The van der Waals surface area contributed by atoms with E-state index in [-0.39, 0.29) is 29.9 Å². The minimum absolute atomic E-state index is 0.00211. The molecule has 0 radical (unpaired) electrons. The van der Waals surface area contributed by atoms with Gasteiger partial charge in [0.25, 0.3) is 12.1 Å². The first-order valence-corrected chi connectivity index (χ1v) is 22.1. The van der Waals surface area contributed by atoms with Crippen LogP contribution in [0, 0.1) is 0 Å². The van der Waals surface area contributed by atoms with Gasteiger partial charge >= 0.3 is 0 Å². The number of ether oxygens (including phenoxy) is 3. The van der Waals surface area contributed by atoms with Gasteiger partial charge in [-0.15, -0.1) is 0 Å². The van der Waals surface area contributed by atoms with Gasteiger partial charge in [0, 0.05) is 12.8 Å².